The molecule has 0 bridgehead atoms. The van der Waals surface area contributed by atoms with Gasteiger partial charge in [-0.1, -0.05) is 0 Å². The van der Waals surface area contributed by atoms with Crippen molar-refractivity contribution in [1.82, 2.24) is 0 Å². The summed E-state index contributed by atoms with van der Waals surface area (Å²) >= 11 is 0.966. The van der Waals surface area contributed by atoms with Crippen LogP contribution in [0.1, 0.15) is 10.4 Å². The van der Waals surface area contributed by atoms with Gasteiger partial charge in [0.2, 0.25) is 0 Å². The summed E-state index contributed by atoms with van der Waals surface area (Å²) in [5.74, 6) is 0.695. The van der Waals surface area contributed by atoms with Crippen molar-refractivity contribution in [2.24, 2.45) is 0 Å². The number of hydrogen-bond donors (Lipinski definition) is 0. The Morgan fingerprint density at radius 2 is 2.17 bits per heavy atom. The van der Waals surface area contributed by atoms with Gasteiger partial charge in [0.15, 0.2) is 0 Å². The molecule has 0 aromatic heterocycles. The quantitative estimate of drug-likeness (QED) is 0.720. The van der Waals surface area contributed by atoms with Crippen LogP contribution in [-0.4, -0.2) is 47.7 Å². The second-order valence-corrected chi connectivity index (χ2v) is 5.95. The fourth-order valence-corrected chi connectivity index (χ4v) is 2.88. The van der Waals surface area contributed by atoms with Crippen LogP contribution in [0.3, 0.4) is 0 Å². The van der Waals surface area contributed by atoms with Gasteiger partial charge in [-0.2, -0.15) is 0 Å². The molecule has 2 nitrogen and oxygen atoms in total. The normalized spacial score (nSPS) is 9.58. The van der Waals surface area contributed by atoms with Crippen LogP contribution in [0.25, 0.3) is 0 Å². The molecular weight excluding hydrogens is 230 g/mol. The minimum absolute atomic E-state index is 0.147. The van der Waals surface area contributed by atoms with Gasteiger partial charge in [-0.15, -0.1) is 0 Å². The van der Waals surface area contributed by atoms with Crippen LogP contribution in [0.5, 0.6) is 5.75 Å². The van der Waals surface area contributed by atoms with Gasteiger partial charge < -0.3 is 0 Å². The van der Waals surface area contributed by atoms with Crippen molar-refractivity contribution in [2.45, 2.75) is 0 Å². The van der Waals surface area contributed by atoms with Crippen LogP contribution in [0.4, 0.5) is 0 Å². The molecule has 1 aromatic rings. The first-order valence-corrected chi connectivity index (χ1v) is 10.3. The summed E-state index contributed by atoms with van der Waals surface area (Å²) in [7, 11) is 1.74. The number of ether oxygens (including phenoxy) is 1. The standard InChI is InChI=1S/C8H8O2Se.Na/c1-10-7-5-3-2-4-6(7)8(9)11;/h2-5H,1H3,(H,9,11);/q;+1/p-1. The Kier molecular flexibility index (Phi) is 4.33. The van der Waals surface area contributed by atoms with Crippen LogP contribution in [0.15, 0.2) is 24.3 Å². The van der Waals surface area contributed by atoms with Gasteiger partial charge in [0.25, 0.3) is 0 Å². The summed E-state index contributed by atoms with van der Waals surface area (Å²) in [5.41, 5.74) is 0.731. The average molecular weight is 237 g/mol. The van der Waals surface area contributed by atoms with Gasteiger partial charge in [-0.3, -0.25) is 0 Å². The van der Waals surface area contributed by atoms with Gasteiger partial charge in [-0.05, 0) is 0 Å². The van der Waals surface area contributed by atoms with Crippen molar-refractivity contribution < 1.29 is 9.53 Å². The zero-order valence-electron chi connectivity index (χ0n) is 7.03. The molecule has 0 saturated carbocycles. The molecule has 0 aliphatic rings. The molecule has 0 heterocycles. The van der Waals surface area contributed by atoms with E-state index in [0.717, 1.165) is 30.9 Å². The zero-order valence-corrected chi connectivity index (χ0v) is 10.7. The van der Waals surface area contributed by atoms with Crippen LogP contribution >= 0.6 is 0 Å². The second-order valence-electron chi connectivity index (χ2n) is 2.19. The number of rotatable bonds is 3. The third kappa shape index (κ3) is 2.35. The maximum absolute atomic E-state index is 11.4. The first-order valence-electron chi connectivity index (χ1n) is 3.51. The summed E-state index contributed by atoms with van der Waals surface area (Å²) in [6, 6.07) is 7.38. The molecule has 12 heavy (non-hydrogen) atoms. The van der Waals surface area contributed by atoms with E-state index in [1.54, 1.807) is 7.11 Å². The number of carbonyl (C=O) groups is 1. The number of benzene rings is 1. The van der Waals surface area contributed by atoms with E-state index in [-0.39, 0.29) is 15.2 Å². The van der Waals surface area contributed by atoms with E-state index in [4.69, 9.17) is 4.74 Å². The van der Waals surface area contributed by atoms with E-state index >= 15 is 0 Å². The Morgan fingerprint density at radius 1 is 1.50 bits per heavy atom. The Balaban J connectivity index is 3.04. The molecular formula is C8H7NaO2Se. The molecule has 0 fully saturated rings. The molecule has 1 aromatic carbocycles. The van der Waals surface area contributed by atoms with Crippen LogP contribution in [0, 0.1) is 0 Å². The first kappa shape index (κ1) is 10.3. The molecule has 4 heteroatoms. The maximum atomic E-state index is 11.4. The van der Waals surface area contributed by atoms with Crippen molar-refractivity contribution in [3.05, 3.63) is 29.8 Å². The van der Waals surface area contributed by atoms with Gasteiger partial charge in [0.1, 0.15) is 0 Å². The van der Waals surface area contributed by atoms with E-state index in [2.05, 4.69) is 0 Å². The predicted molar refractivity (Wildman–Crippen MR) is 48.8 cm³/mol. The Bertz CT molecular complexity index is 288. The third-order valence-electron chi connectivity index (χ3n) is 1.51. The first-order chi connectivity index (χ1) is 5.79. The van der Waals surface area contributed by atoms with Crippen molar-refractivity contribution in [3.63, 3.8) is 0 Å². The monoisotopic (exact) mass is 238 g/mol. The zero-order chi connectivity index (χ0) is 8.97. The predicted octanol–water partition coefficient (Wildman–Crippen LogP) is 0.623. The SMILES string of the molecule is COc1ccccc1C(=O)[Se][Na]. The second kappa shape index (κ2) is 5.05. The van der Waals surface area contributed by atoms with Crippen molar-refractivity contribution in [2.75, 3.05) is 7.11 Å². The molecule has 0 aliphatic heterocycles. The number of carbonyl (C=O) groups excluding carboxylic acids is 1. The molecule has 0 unspecified atom stereocenters. The summed E-state index contributed by atoms with van der Waals surface area (Å²) in [6.07, 6.45) is 0. The van der Waals surface area contributed by atoms with Gasteiger partial charge in [0.05, 0.1) is 0 Å². The summed E-state index contributed by atoms with van der Waals surface area (Å²) in [6.45, 7) is 0. The number of hydrogen-bond acceptors (Lipinski definition) is 2. The van der Waals surface area contributed by atoms with Crippen LogP contribution in [-0.2, 0) is 0 Å². The Morgan fingerprint density at radius 3 is 2.75 bits per heavy atom. The summed E-state index contributed by atoms with van der Waals surface area (Å²) < 4.78 is 5.32. The van der Waals surface area contributed by atoms with Crippen molar-refractivity contribution >= 4 is 40.6 Å². The Hall–Kier alpha value is 0.209. The van der Waals surface area contributed by atoms with Crippen LogP contribution < -0.4 is 4.74 Å². The van der Waals surface area contributed by atoms with E-state index in [1.165, 1.54) is 0 Å². The summed E-state index contributed by atoms with van der Waals surface area (Å²) in [5, 5.41) is 0. The molecule has 0 radical (unpaired) electrons. The Labute approximate surface area is 92.1 Å². The fraction of sp³-hybridized carbons (Fsp3) is 0.125. The van der Waals surface area contributed by atoms with E-state index in [0.29, 0.717) is 5.75 Å². The number of para-hydroxylation sites is 1. The fourth-order valence-electron chi connectivity index (χ4n) is 0.923. The molecule has 0 spiro atoms. The molecule has 0 amide bonds. The molecule has 58 valence electrons. The molecule has 0 atom stereocenters. The topological polar surface area (TPSA) is 26.3 Å². The molecule has 0 aliphatic carbocycles. The van der Waals surface area contributed by atoms with Crippen LogP contribution in [0.2, 0.25) is 0 Å². The van der Waals surface area contributed by atoms with Gasteiger partial charge in [-0.25, -0.2) is 0 Å². The van der Waals surface area contributed by atoms with E-state index < -0.39 is 0 Å². The van der Waals surface area contributed by atoms with E-state index in [9.17, 15) is 4.79 Å². The summed E-state index contributed by atoms with van der Waals surface area (Å²) in [4.78, 5) is 11.4. The van der Waals surface area contributed by atoms with E-state index in [1.807, 2.05) is 24.3 Å². The molecule has 0 saturated heterocycles. The minimum atomic E-state index is 0.147. The number of methoxy groups -OCH3 is 1. The molecule has 1 rings (SSSR count). The third-order valence-corrected chi connectivity index (χ3v) is 4.68. The van der Waals surface area contributed by atoms with Gasteiger partial charge >= 0.3 is 92.8 Å². The molecule has 0 N–H and O–H groups in total. The van der Waals surface area contributed by atoms with Crippen molar-refractivity contribution in [3.8, 4) is 5.75 Å². The van der Waals surface area contributed by atoms with Gasteiger partial charge in [0, 0.05) is 0 Å². The average Bonchev–Trinajstić information content (AvgIpc) is 2.16. The van der Waals surface area contributed by atoms with Crippen molar-refractivity contribution in [1.29, 1.82) is 0 Å².